The summed E-state index contributed by atoms with van der Waals surface area (Å²) in [5, 5.41) is 13.3. The Labute approximate surface area is 145 Å². The molecule has 128 valence electrons. The number of aromatic nitrogens is 3. The molecule has 7 heteroatoms. The van der Waals surface area contributed by atoms with Crippen LogP contribution in [0.15, 0.2) is 17.5 Å². The predicted molar refractivity (Wildman–Crippen MR) is 92.0 cm³/mol. The minimum atomic E-state index is -0.200. The maximum Gasteiger partial charge on any atom is 0.221 e. The van der Waals surface area contributed by atoms with E-state index >= 15 is 0 Å². The first kappa shape index (κ1) is 16.8. The summed E-state index contributed by atoms with van der Waals surface area (Å²) in [5.74, 6) is 1.71. The molecule has 0 aromatic carbocycles. The zero-order valence-electron chi connectivity index (χ0n) is 13.8. The van der Waals surface area contributed by atoms with Crippen LogP contribution < -0.4 is 5.32 Å². The molecule has 1 amide bonds. The van der Waals surface area contributed by atoms with E-state index in [1.807, 2.05) is 18.4 Å². The zero-order valence-corrected chi connectivity index (χ0v) is 14.6. The Morgan fingerprint density at radius 1 is 1.29 bits per heavy atom. The van der Waals surface area contributed by atoms with Crippen LogP contribution in [-0.4, -0.2) is 26.5 Å². The first-order valence-corrected chi connectivity index (χ1v) is 9.31. The highest BCUT2D eigenvalue weighted by atomic mass is 32.1. The maximum absolute atomic E-state index is 12.1. The number of amides is 1. The standard InChI is InChI=1S/C17H22N4O2S/c1-12(17-20-19-15-7-3-2-4-10-21(15)17)18-16(23)9-8-13(22)14-6-5-11-24-14/h5-6,11-12H,2-4,7-10H2,1H3,(H,18,23)/t12-/m1/s1. The molecule has 6 nitrogen and oxygen atoms in total. The van der Waals surface area contributed by atoms with Gasteiger partial charge in [0.2, 0.25) is 5.91 Å². The maximum atomic E-state index is 12.1. The Morgan fingerprint density at radius 3 is 2.96 bits per heavy atom. The number of aryl methyl sites for hydroxylation is 1. The van der Waals surface area contributed by atoms with E-state index in [9.17, 15) is 9.59 Å². The average molecular weight is 346 g/mol. The fraction of sp³-hybridized carbons (Fsp3) is 0.529. The summed E-state index contributed by atoms with van der Waals surface area (Å²) in [6.45, 7) is 2.83. The van der Waals surface area contributed by atoms with E-state index in [-0.39, 0.29) is 30.6 Å². The van der Waals surface area contributed by atoms with E-state index in [0.717, 1.165) is 37.5 Å². The van der Waals surface area contributed by atoms with Crippen molar-refractivity contribution in [3.63, 3.8) is 0 Å². The van der Waals surface area contributed by atoms with Crippen molar-refractivity contribution in [3.05, 3.63) is 34.0 Å². The van der Waals surface area contributed by atoms with Crippen LogP contribution in [0, 0.1) is 0 Å². The van der Waals surface area contributed by atoms with Crippen molar-refractivity contribution in [2.45, 2.75) is 58.0 Å². The van der Waals surface area contributed by atoms with E-state index < -0.39 is 0 Å². The van der Waals surface area contributed by atoms with Gasteiger partial charge in [0.15, 0.2) is 11.6 Å². The van der Waals surface area contributed by atoms with Gasteiger partial charge in [-0.2, -0.15) is 0 Å². The zero-order chi connectivity index (χ0) is 16.9. The summed E-state index contributed by atoms with van der Waals surface area (Å²) in [7, 11) is 0. The third-order valence-corrected chi connectivity index (χ3v) is 5.19. The van der Waals surface area contributed by atoms with Gasteiger partial charge in [0.25, 0.3) is 0 Å². The molecule has 0 saturated carbocycles. The number of thiophene rings is 1. The van der Waals surface area contributed by atoms with Gasteiger partial charge in [-0.15, -0.1) is 21.5 Å². The van der Waals surface area contributed by atoms with Crippen molar-refractivity contribution in [2.24, 2.45) is 0 Å². The Balaban J connectivity index is 1.55. The predicted octanol–water partition coefficient (Wildman–Crippen LogP) is 2.91. The van der Waals surface area contributed by atoms with Crippen LogP contribution in [0.25, 0.3) is 0 Å². The molecule has 0 fully saturated rings. The lowest BCUT2D eigenvalue weighted by molar-refractivity contribution is -0.121. The van der Waals surface area contributed by atoms with Gasteiger partial charge in [0, 0.05) is 25.8 Å². The van der Waals surface area contributed by atoms with Gasteiger partial charge in [-0.1, -0.05) is 12.5 Å². The summed E-state index contributed by atoms with van der Waals surface area (Å²) in [6, 6.07) is 3.43. The van der Waals surface area contributed by atoms with Crippen molar-refractivity contribution < 1.29 is 9.59 Å². The molecule has 1 aliphatic heterocycles. The Hall–Kier alpha value is -2.02. The molecule has 1 atom stereocenters. The number of hydrogen-bond acceptors (Lipinski definition) is 5. The number of carbonyl (C=O) groups excluding carboxylic acids is 2. The number of carbonyl (C=O) groups is 2. The molecule has 0 aliphatic carbocycles. The monoisotopic (exact) mass is 346 g/mol. The highest BCUT2D eigenvalue weighted by Crippen LogP contribution is 2.19. The largest absolute Gasteiger partial charge is 0.346 e. The normalized spacial score (nSPS) is 15.4. The van der Waals surface area contributed by atoms with Crippen LogP contribution >= 0.6 is 11.3 Å². The van der Waals surface area contributed by atoms with Crippen LogP contribution in [0.3, 0.4) is 0 Å². The van der Waals surface area contributed by atoms with Crippen LogP contribution in [0.2, 0.25) is 0 Å². The molecule has 2 aromatic heterocycles. The first-order chi connectivity index (χ1) is 11.6. The summed E-state index contributed by atoms with van der Waals surface area (Å²) < 4.78 is 2.13. The minimum Gasteiger partial charge on any atom is -0.346 e. The second-order valence-electron chi connectivity index (χ2n) is 6.13. The van der Waals surface area contributed by atoms with Gasteiger partial charge < -0.3 is 9.88 Å². The number of ketones is 1. The smallest absolute Gasteiger partial charge is 0.221 e. The van der Waals surface area contributed by atoms with E-state index in [1.54, 1.807) is 6.07 Å². The van der Waals surface area contributed by atoms with Crippen LogP contribution in [-0.2, 0) is 17.8 Å². The van der Waals surface area contributed by atoms with Crippen molar-refractivity contribution in [3.8, 4) is 0 Å². The lowest BCUT2D eigenvalue weighted by atomic mass is 10.2. The lowest BCUT2D eigenvalue weighted by Gasteiger charge is -2.15. The number of hydrogen-bond donors (Lipinski definition) is 1. The Morgan fingerprint density at radius 2 is 2.17 bits per heavy atom. The van der Waals surface area contributed by atoms with Crippen molar-refractivity contribution in [1.82, 2.24) is 20.1 Å². The second-order valence-corrected chi connectivity index (χ2v) is 7.07. The van der Waals surface area contributed by atoms with E-state index in [1.165, 1.54) is 17.8 Å². The summed E-state index contributed by atoms with van der Waals surface area (Å²) in [6.07, 6.45) is 4.84. The van der Waals surface area contributed by atoms with Gasteiger partial charge in [-0.3, -0.25) is 9.59 Å². The van der Waals surface area contributed by atoms with Gasteiger partial charge in [-0.25, -0.2) is 0 Å². The van der Waals surface area contributed by atoms with Crippen LogP contribution in [0.5, 0.6) is 0 Å². The SMILES string of the molecule is C[C@@H](NC(=O)CCC(=O)c1cccs1)c1nnc2n1CCCCC2. The highest BCUT2D eigenvalue weighted by Gasteiger charge is 2.20. The molecule has 3 heterocycles. The molecule has 2 aromatic rings. The second kappa shape index (κ2) is 7.70. The molecule has 0 spiro atoms. The quantitative estimate of drug-likeness (QED) is 0.816. The molecular formula is C17H22N4O2S. The summed E-state index contributed by atoms with van der Waals surface area (Å²) >= 11 is 1.41. The van der Waals surface area contributed by atoms with Gasteiger partial charge in [0.05, 0.1) is 10.9 Å². The van der Waals surface area contributed by atoms with Gasteiger partial charge in [-0.05, 0) is 31.2 Å². The van der Waals surface area contributed by atoms with Crippen molar-refractivity contribution >= 4 is 23.0 Å². The molecule has 1 aliphatic rings. The number of nitrogens with zero attached hydrogens (tertiary/aromatic N) is 3. The number of rotatable bonds is 6. The topological polar surface area (TPSA) is 76.9 Å². The molecule has 0 saturated heterocycles. The molecule has 0 radical (unpaired) electrons. The molecule has 3 rings (SSSR count). The van der Waals surface area contributed by atoms with Crippen LogP contribution in [0.4, 0.5) is 0 Å². The molecular weight excluding hydrogens is 324 g/mol. The average Bonchev–Trinajstić information content (AvgIpc) is 3.18. The third-order valence-electron chi connectivity index (χ3n) is 4.28. The number of fused-ring (bicyclic) bond motifs is 1. The fourth-order valence-electron chi connectivity index (χ4n) is 2.99. The third kappa shape index (κ3) is 3.90. The molecule has 1 N–H and O–H groups in total. The first-order valence-electron chi connectivity index (χ1n) is 8.43. The number of Topliss-reactive ketones (excluding diaryl/α,β-unsaturated/α-hetero) is 1. The number of nitrogens with one attached hydrogen (secondary N) is 1. The van der Waals surface area contributed by atoms with Crippen molar-refractivity contribution in [2.75, 3.05) is 0 Å². The van der Waals surface area contributed by atoms with Gasteiger partial charge in [0.1, 0.15) is 5.82 Å². The van der Waals surface area contributed by atoms with E-state index in [2.05, 4.69) is 20.1 Å². The van der Waals surface area contributed by atoms with E-state index in [0.29, 0.717) is 4.88 Å². The summed E-state index contributed by atoms with van der Waals surface area (Å²) in [5.41, 5.74) is 0. The van der Waals surface area contributed by atoms with E-state index in [4.69, 9.17) is 0 Å². The van der Waals surface area contributed by atoms with Crippen molar-refractivity contribution in [1.29, 1.82) is 0 Å². The Kier molecular flexibility index (Phi) is 5.40. The molecule has 0 unspecified atom stereocenters. The fourth-order valence-corrected chi connectivity index (χ4v) is 3.69. The highest BCUT2D eigenvalue weighted by molar-refractivity contribution is 7.12. The summed E-state index contributed by atoms with van der Waals surface area (Å²) in [4.78, 5) is 24.8. The lowest BCUT2D eigenvalue weighted by Crippen LogP contribution is -2.29. The molecule has 0 bridgehead atoms. The van der Waals surface area contributed by atoms with Gasteiger partial charge >= 0.3 is 0 Å². The van der Waals surface area contributed by atoms with Crippen LogP contribution in [0.1, 0.15) is 66.4 Å². The minimum absolute atomic E-state index is 0.0177. The molecule has 24 heavy (non-hydrogen) atoms. The Bertz CT molecular complexity index is 708.